The minimum Gasteiger partial charge on any atom is -0.465 e. The van der Waals surface area contributed by atoms with Crippen LogP contribution in [0.3, 0.4) is 0 Å². The van der Waals surface area contributed by atoms with Gasteiger partial charge >= 0.3 is 0 Å². The van der Waals surface area contributed by atoms with Crippen molar-refractivity contribution in [1.29, 1.82) is 5.26 Å². The maximum Gasteiger partial charge on any atom is 0.197 e. The highest BCUT2D eigenvalue weighted by Crippen LogP contribution is 2.23. The summed E-state index contributed by atoms with van der Waals surface area (Å²) >= 11 is 0. The monoisotopic (exact) mass is 337 g/mol. The topological polar surface area (TPSA) is 53.2 Å². The number of ether oxygens (including phenoxy) is 1. The van der Waals surface area contributed by atoms with Crippen LogP contribution in [-0.2, 0) is 0 Å². The molecule has 2 aromatic carbocycles. The zero-order valence-corrected chi connectivity index (χ0v) is 14.9. The molecule has 132 valence electrons. The van der Waals surface area contributed by atoms with Gasteiger partial charge in [0.25, 0.3) is 0 Å². The van der Waals surface area contributed by atoms with Crippen molar-refractivity contribution in [2.45, 2.75) is 58.2 Å². The normalized spacial score (nSPS) is 11.7. The van der Waals surface area contributed by atoms with E-state index in [0.717, 1.165) is 24.0 Å². The first-order valence-electron chi connectivity index (χ1n) is 9.18. The molecule has 0 amide bonds. The molecule has 0 spiro atoms. The Hall–Kier alpha value is -2.31. The Morgan fingerprint density at radius 2 is 1.44 bits per heavy atom. The second-order valence-corrected chi connectivity index (χ2v) is 6.34. The van der Waals surface area contributed by atoms with Gasteiger partial charge in [-0.25, -0.2) is 0 Å². The van der Waals surface area contributed by atoms with Crippen LogP contribution >= 0.6 is 0 Å². The van der Waals surface area contributed by atoms with Gasteiger partial charge in [-0.05, 0) is 41.8 Å². The number of hydrogen-bond donors (Lipinski definition) is 1. The first-order valence-corrected chi connectivity index (χ1v) is 9.18. The number of hydrogen-bond acceptors (Lipinski definition) is 3. The molecule has 0 bridgehead atoms. The van der Waals surface area contributed by atoms with Gasteiger partial charge in [-0.1, -0.05) is 63.3 Å². The van der Waals surface area contributed by atoms with E-state index in [9.17, 15) is 5.11 Å². The third-order valence-electron chi connectivity index (χ3n) is 4.28. The fourth-order valence-corrected chi connectivity index (χ4v) is 2.78. The molecular formula is C22H27NO2. The fraction of sp³-hybridized carbons (Fsp3) is 0.409. The second kappa shape index (κ2) is 10.5. The standard InChI is InChI=1S/C22H27NO2/c1-2-3-4-5-6-7-8-22(24)25-21-15-13-20(14-16-21)19-11-9-18(17-23)10-12-19/h9-16,22,24H,2-8H2,1H3. The third kappa shape index (κ3) is 6.60. The maximum absolute atomic E-state index is 10.00. The Morgan fingerprint density at radius 1 is 0.880 bits per heavy atom. The largest absolute Gasteiger partial charge is 0.465 e. The highest BCUT2D eigenvalue weighted by molar-refractivity contribution is 5.64. The summed E-state index contributed by atoms with van der Waals surface area (Å²) in [5, 5.41) is 18.8. The quantitative estimate of drug-likeness (QED) is 0.449. The number of nitriles is 1. The molecule has 0 aliphatic rings. The first kappa shape index (κ1) is 19.0. The molecule has 3 nitrogen and oxygen atoms in total. The lowest BCUT2D eigenvalue weighted by molar-refractivity contribution is -0.0246. The van der Waals surface area contributed by atoms with Crippen LogP contribution in [0.5, 0.6) is 5.75 Å². The highest BCUT2D eigenvalue weighted by atomic mass is 16.6. The van der Waals surface area contributed by atoms with Gasteiger partial charge in [0.1, 0.15) is 5.75 Å². The van der Waals surface area contributed by atoms with Gasteiger partial charge in [-0.2, -0.15) is 5.26 Å². The van der Waals surface area contributed by atoms with Crippen molar-refractivity contribution in [2.24, 2.45) is 0 Å². The zero-order valence-electron chi connectivity index (χ0n) is 14.9. The fourth-order valence-electron chi connectivity index (χ4n) is 2.78. The molecule has 2 aromatic rings. The minimum absolute atomic E-state index is 0.654. The maximum atomic E-state index is 10.00. The number of aliphatic hydroxyl groups is 1. The van der Waals surface area contributed by atoms with Crippen LogP contribution < -0.4 is 4.74 Å². The number of nitrogens with zero attached hydrogens (tertiary/aromatic N) is 1. The smallest absolute Gasteiger partial charge is 0.197 e. The van der Waals surface area contributed by atoms with Crippen molar-refractivity contribution in [3.05, 3.63) is 54.1 Å². The van der Waals surface area contributed by atoms with E-state index in [1.807, 2.05) is 48.5 Å². The van der Waals surface area contributed by atoms with E-state index in [1.54, 1.807) is 0 Å². The Morgan fingerprint density at radius 3 is 2.04 bits per heavy atom. The van der Waals surface area contributed by atoms with Crippen LogP contribution in [0.4, 0.5) is 0 Å². The number of benzene rings is 2. The molecule has 25 heavy (non-hydrogen) atoms. The predicted octanol–water partition coefficient (Wildman–Crippen LogP) is 5.67. The van der Waals surface area contributed by atoms with E-state index >= 15 is 0 Å². The SMILES string of the molecule is CCCCCCCCC(O)Oc1ccc(-c2ccc(C#N)cc2)cc1. The summed E-state index contributed by atoms with van der Waals surface area (Å²) in [5.74, 6) is 0.677. The van der Waals surface area contributed by atoms with Gasteiger partial charge in [0, 0.05) is 6.42 Å². The zero-order chi connectivity index (χ0) is 17.9. The van der Waals surface area contributed by atoms with Crippen molar-refractivity contribution in [3.8, 4) is 22.9 Å². The van der Waals surface area contributed by atoms with Gasteiger partial charge in [0.2, 0.25) is 0 Å². The molecule has 0 saturated carbocycles. The first-order chi connectivity index (χ1) is 12.2. The van der Waals surface area contributed by atoms with Gasteiger partial charge in [0.05, 0.1) is 11.6 Å². The van der Waals surface area contributed by atoms with E-state index in [0.29, 0.717) is 17.7 Å². The van der Waals surface area contributed by atoms with Crippen LogP contribution in [0.15, 0.2) is 48.5 Å². The van der Waals surface area contributed by atoms with E-state index in [-0.39, 0.29) is 0 Å². The number of unbranched alkanes of at least 4 members (excludes halogenated alkanes) is 5. The molecule has 1 atom stereocenters. The second-order valence-electron chi connectivity index (χ2n) is 6.34. The molecular weight excluding hydrogens is 310 g/mol. The van der Waals surface area contributed by atoms with Crippen molar-refractivity contribution >= 4 is 0 Å². The molecule has 1 N–H and O–H groups in total. The van der Waals surface area contributed by atoms with Crippen molar-refractivity contribution in [1.82, 2.24) is 0 Å². The lowest BCUT2D eigenvalue weighted by atomic mass is 10.0. The van der Waals surface area contributed by atoms with E-state index in [4.69, 9.17) is 10.00 Å². The summed E-state index contributed by atoms with van der Waals surface area (Å²) in [6.45, 7) is 2.21. The highest BCUT2D eigenvalue weighted by Gasteiger charge is 2.06. The molecule has 0 aliphatic carbocycles. The Labute approximate surface area is 150 Å². The molecule has 2 rings (SSSR count). The summed E-state index contributed by atoms with van der Waals surface area (Å²) in [7, 11) is 0. The third-order valence-corrected chi connectivity index (χ3v) is 4.28. The summed E-state index contributed by atoms with van der Waals surface area (Å²) in [6.07, 6.45) is 7.14. The van der Waals surface area contributed by atoms with Crippen molar-refractivity contribution in [3.63, 3.8) is 0 Å². The molecule has 3 heteroatoms. The lowest BCUT2D eigenvalue weighted by Crippen LogP contribution is -2.15. The summed E-state index contributed by atoms with van der Waals surface area (Å²) in [5.41, 5.74) is 2.77. The Balaban J connectivity index is 1.78. The summed E-state index contributed by atoms with van der Waals surface area (Å²) in [6, 6.07) is 17.3. The van der Waals surface area contributed by atoms with Gasteiger partial charge in [-0.3, -0.25) is 0 Å². The van der Waals surface area contributed by atoms with Gasteiger partial charge in [0.15, 0.2) is 6.29 Å². The van der Waals surface area contributed by atoms with Crippen LogP contribution in [0.25, 0.3) is 11.1 Å². The van der Waals surface area contributed by atoms with E-state index in [2.05, 4.69) is 13.0 Å². The average molecular weight is 337 g/mol. The van der Waals surface area contributed by atoms with E-state index < -0.39 is 6.29 Å². The summed E-state index contributed by atoms with van der Waals surface area (Å²) < 4.78 is 5.58. The van der Waals surface area contributed by atoms with Gasteiger partial charge in [-0.15, -0.1) is 0 Å². The molecule has 0 fully saturated rings. The number of aliphatic hydroxyl groups excluding tert-OH is 1. The van der Waals surface area contributed by atoms with Crippen LogP contribution in [-0.4, -0.2) is 11.4 Å². The van der Waals surface area contributed by atoms with E-state index in [1.165, 1.54) is 25.7 Å². The predicted molar refractivity (Wildman–Crippen MR) is 101 cm³/mol. The van der Waals surface area contributed by atoms with Crippen LogP contribution in [0.1, 0.15) is 57.4 Å². The van der Waals surface area contributed by atoms with Crippen molar-refractivity contribution < 1.29 is 9.84 Å². The average Bonchev–Trinajstić information content (AvgIpc) is 2.65. The Bertz CT molecular complexity index is 656. The molecule has 1 unspecified atom stereocenters. The molecule has 0 aliphatic heterocycles. The molecule has 0 aromatic heterocycles. The van der Waals surface area contributed by atoms with Gasteiger partial charge < -0.3 is 9.84 Å². The molecule has 0 heterocycles. The lowest BCUT2D eigenvalue weighted by Gasteiger charge is -2.14. The minimum atomic E-state index is -0.744. The number of rotatable bonds is 10. The van der Waals surface area contributed by atoms with Crippen LogP contribution in [0, 0.1) is 11.3 Å². The molecule has 0 radical (unpaired) electrons. The summed E-state index contributed by atoms with van der Waals surface area (Å²) in [4.78, 5) is 0. The van der Waals surface area contributed by atoms with Crippen LogP contribution in [0.2, 0.25) is 0 Å². The Kier molecular flexibility index (Phi) is 8.01. The van der Waals surface area contributed by atoms with Crippen molar-refractivity contribution in [2.75, 3.05) is 0 Å². The molecule has 0 saturated heterocycles.